The summed E-state index contributed by atoms with van der Waals surface area (Å²) in [5.41, 5.74) is 6.04. The van der Waals surface area contributed by atoms with Crippen LogP contribution in [0.1, 0.15) is 18.4 Å². The summed E-state index contributed by atoms with van der Waals surface area (Å²) in [5, 5.41) is 0. The van der Waals surface area contributed by atoms with Crippen molar-refractivity contribution in [2.45, 2.75) is 19.4 Å². The van der Waals surface area contributed by atoms with Crippen molar-refractivity contribution in [1.29, 1.82) is 0 Å². The summed E-state index contributed by atoms with van der Waals surface area (Å²) in [7, 11) is 0. The number of hydrogen-bond acceptors (Lipinski definition) is 0. The summed E-state index contributed by atoms with van der Waals surface area (Å²) in [5.74, 6) is 6.60. The maximum atomic E-state index is 3.31. The molecule has 4 rings (SSSR count). The lowest BCUT2D eigenvalue weighted by Gasteiger charge is -2.01. The molecule has 0 aliphatic rings. The van der Waals surface area contributed by atoms with E-state index in [9.17, 15) is 0 Å². The van der Waals surface area contributed by atoms with Crippen LogP contribution in [0.3, 0.4) is 0 Å². The molecule has 0 bridgehead atoms. The molecular formula is C28H24BrN. The summed E-state index contributed by atoms with van der Waals surface area (Å²) in [6.45, 7) is 0.975. The first kappa shape index (κ1) is 21.6. The first-order chi connectivity index (χ1) is 14.4. The lowest BCUT2D eigenvalue weighted by molar-refractivity contribution is -0.696. The molecule has 0 aliphatic heterocycles. The molecule has 148 valence electrons. The van der Waals surface area contributed by atoms with Gasteiger partial charge in [0.05, 0.1) is 0 Å². The minimum Gasteiger partial charge on any atom is -1.00 e. The molecule has 0 fully saturated rings. The number of pyridine rings is 1. The molecule has 0 aliphatic carbocycles. The molecule has 1 aromatic heterocycles. The van der Waals surface area contributed by atoms with Gasteiger partial charge in [0, 0.05) is 30.0 Å². The molecule has 1 nitrogen and oxygen atoms in total. The average Bonchev–Trinajstić information content (AvgIpc) is 2.81. The van der Waals surface area contributed by atoms with Gasteiger partial charge in [-0.2, -0.15) is 0 Å². The van der Waals surface area contributed by atoms with Crippen molar-refractivity contribution in [2.75, 3.05) is 0 Å². The van der Waals surface area contributed by atoms with Gasteiger partial charge in [-0.15, -0.1) is 0 Å². The van der Waals surface area contributed by atoms with Crippen LogP contribution in [0.2, 0.25) is 0 Å². The molecule has 0 saturated carbocycles. The molecule has 0 spiro atoms. The number of nitrogens with zero attached hydrogens (tertiary/aromatic N) is 1. The molecule has 0 N–H and O–H groups in total. The van der Waals surface area contributed by atoms with Crippen molar-refractivity contribution < 1.29 is 21.5 Å². The predicted octanol–water partition coefficient (Wildman–Crippen LogP) is 3.14. The molecule has 0 atom stereocenters. The van der Waals surface area contributed by atoms with E-state index in [0.29, 0.717) is 0 Å². The van der Waals surface area contributed by atoms with E-state index in [0.717, 1.165) is 24.9 Å². The van der Waals surface area contributed by atoms with Crippen molar-refractivity contribution in [3.05, 3.63) is 115 Å². The molecule has 30 heavy (non-hydrogen) atoms. The quantitative estimate of drug-likeness (QED) is 0.248. The van der Waals surface area contributed by atoms with Crippen molar-refractivity contribution >= 4 is 0 Å². The Hall–Kier alpha value is -3.15. The van der Waals surface area contributed by atoms with Crippen LogP contribution in [0, 0.1) is 11.8 Å². The highest BCUT2D eigenvalue weighted by Gasteiger charge is 2.04. The van der Waals surface area contributed by atoms with Crippen LogP contribution in [0.25, 0.3) is 22.3 Å². The molecule has 0 radical (unpaired) electrons. The van der Waals surface area contributed by atoms with Crippen molar-refractivity contribution in [1.82, 2.24) is 0 Å². The van der Waals surface area contributed by atoms with Gasteiger partial charge in [-0.3, -0.25) is 0 Å². The molecule has 0 amide bonds. The Labute approximate surface area is 189 Å². The van der Waals surface area contributed by atoms with Crippen LogP contribution in [-0.2, 0) is 6.54 Å². The van der Waals surface area contributed by atoms with Gasteiger partial charge in [-0.1, -0.05) is 84.6 Å². The molecule has 4 aromatic rings. The Bertz CT molecular complexity index is 1110. The highest BCUT2D eigenvalue weighted by molar-refractivity contribution is 5.64. The third-order valence-corrected chi connectivity index (χ3v) is 4.91. The Morgan fingerprint density at radius 3 is 1.83 bits per heavy atom. The fourth-order valence-electron chi connectivity index (χ4n) is 3.35. The van der Waals surface area contributed by atoms with Gasteiger partial charge in [0.2, 0.25) is 0 Å². The molecule has 1 heterocycles. The van der Waals surface area contributed by atoms with E-state index in [1.54, 1.807) is 0 Å². The minimum absolute atomic E-state index is 0. The number of unbranched alkanes of at least 4 members (excludes halogenated alkanes) is 1. The van der Waals surface area contributed by atoms with Crippen LogP contribution in [-0.4, -0.2) is 0 Å². The summed E-state index contributed by atoms with van der Waals surface area (Å²) in [6, 6.07) is 33.7. The van der Waals surface area contributed by atoms with Crippen molar-refractivity contribution in [3.8, 4) is 34.1 Å². The van der Waals surface area contributed by atoms with Crippen molar-refractivity contribution in [2.24, 2.45) is 0 Å². The average molecular weight is 454 g/mol. The zero-order valence-corrected chi connectivity index (χ0v) is 18.4. The lowest BCUT2D eigenvalue weighted by Crippen LogP contribution is -3.00. The minimum atomic E-state index is 0. The summed E-state index contributed by atoms with van der Waals surface area (Å²) >= 11 is 0. The molecular weight excluding hydrogens is 430 g/mol. The maximum absolute atomic E-state index is 3.31. The molecule has 3 aromatic carbocycles. The first-order valence-corrected chi connectivity index (χ1v) is 10.1. The fourth-order valence-corrected chi connectivity index (χ4v) is 3.35. The Morgan fingerprint density at radius 2 is 1.17 bits per heavy atom. The van der Waals surface area contributed by atoms with E-state index in [2.05, 4.69) is 114 Å². The standard InChI is InChI=1S/C28H24N.BrH/c1-5-12-25(13-6-1)27-19-17-24(18-20-27)11-4-3-9-21-29-22-10-16-28(23-29)26-14-7-2-8-15-26;/h1-2,5-8,10,12-20,22-23H,3,9,21H2;1H/q+1;/p-1. The summed E-state index contributed by atoms with van der Waals surface area (Å²) in [6.07, 6.45) is 6.27. The number of rotatable bonds is 5. The van der Waals surface area contributed by atoms with Gasteiger partial charge in [-0.25, -0.2) is 4.57 Å². The Morgan fingerprint density at radius 1 is 0.600 bits per heavy atom. The van der Waals surface area contributed by atoms with Crippen LogP contribution in [0.5, 0.6) is 0 Å². The first-order valence-electron chi connectivity index (χ1n) is 10.1. The molecule has 2 heteroatoms. The Balaban J connectivity index is 0.00000256. The van der Waals surface area contributed by atoms with Gasteiger partial charge < -0.3 is 17.0 Å². The SMILES string of the molecule is C(#Cc1ccc(-c2ccccc2)cc1)CCC[n+]1cccc(-c2ccccc2)c1.[Br-]. The third kappa shape index (κ3) is 5.92. The fraction of sp³-hybridized carbons (Fsp3) is 0.107. The maximum Gasteiger partial charge on any atom is 0.176 e. The number of aromatic nitrogens is 1. The van der Waals surface area contributed by atoms with Gasteiger partial charge >= 0.3 is 0 Å². The molecule has 0 unspecified atom stereocenters. The summed E-state index contributed by atoms with van der Waals surface area (Å²) < 4.78 is 2.25. The number of aryl methyl sites for hydroxylation is 1. The van der Waals surface area contributed by atoms with Crippen LogP contribution >= 0.6 is 0 Å². The van der Waals surface area contributed by atoms with Gasteiger partial charge in [-0.05, 0) is 34.9 Å². The highest BCUT2D eigenvalue weighted by Crippen LogP contribution is 2.19. The van der Waals surface area contributed by atoms with E-state index in [1.807, 2.05) is 12.1 Å². The van der Waals surface area contributed by atoms with Crippen LogP contribution in [0.15, 0.2) is 109 Å². The van der Waals surface area contributed by atoms with E-state index in [-0.39, 0.29) is 17.0 Å². The smallest absolute Gasteiger partial charge is 0.176 e. The normalized spacial score (nSPS) is 9.87. The topological polar surface area (TPSA) is 3.88 Å². The Kier molecular flexibility index (Phi) is 8.01. The number of halogens is 1. The monoisotopic (exact) mass is 453 g/mol. The second kappa shape index (κ2) is 11.1. The zero-order valence-electron chi connectivity index (χ0n) is 16.8. The lowest BCUT2D eigenvalue weighted by atomic mass is 10.0. The second-order valence-electron chi connectivity index (χ2n) is 7.05. The number of benzene rings is 3. The van der Waals surface area contributed by atoms with Crippen LogP contribution < -0.4 is 21.5 Å². The zero-order chi connectivity index (χ0) is 19.7. The highest BCUT2D eigenvalue weighted by atomic mass is 79.9. The second-order valence-corrected chi connectivity index (χ2v) is 7.05. The van der Waals surface area contributed by atoms with E-state index in [4.69, 9.17) is 0 Å². The molecule has 0 saturated heterocycles. The number of hydrogen-bond donors (Lipinski definition) is 0. The van der Waals surface area contributed by atoms with Crippen LogP contribution in [0.4, 0.5) is 0 Å². The largest absolute Gasteiger partial charge is 1.00 e. The van der Waals surface area contributed by atoms with E-state index in [1.165, 1.54) is 22.3 Å². The van der Waals surface area contributed by atoms with Gasteiger partial charge in [0.15, 0.2) is 12.4 Å². The predicted molar refractivity (Wildman–Crippen MR) is 120 cm³/mol. The van der Waals surface area contributed by atoms with Crippen molar-refractivity contribution in [3.63, 3.8) is 0 Å². The van der Waals surface area contributed by atoms with Gasteiger partial charge in [0.1, 0.15) is 6.54 Å². The summed E-state index contributed by atoms with van der Waals surface area (Å²) in [4.78, 5) is 0. The third-order valence-electron chi connectivity index (χ3n) is 4.91. The van der Waals surface area contributed by atoms with Gasteiger partial charge in [0.25, 0.3) is 0 Å². The van der Waals surface area contributed by atoms with E-state index >= 15 is 0 Å². The van der Waals surface area contributed by atoms with E-state index < -0.39 is 0 Å².